The van der Waals surface area contributed by atoms with Crippen molar-refractivity contribution in [1.29, 1.82) is 0 Å². The van der Waals surface area contributed by atoms with Crippen LogP contribution >= 0.6 is 0 Å². The lowest BCUT2D eigenvalue weighted by Crippen LogP contribution is -2.23. The molecule has 2 N–H and O–H groups in total. The van der Waals surface area contributed by atoms with Gasteiger partial charge in [0, 0.05) is 17.7 Å². The summed E-state index contributed by atoms with van der Waals surface area (Å²) in [6.07, 6.45) is -1.30. The number of nitrogens with one attached hydrogen (secondary N) is 1. The van der Waals surface area contributed by atoms with Crippen LogP contribution in [0.1, 0.15) is 12.5 Å². The standard InChI is InChI=1S/C15H12F4N4O3S/c16-12-6(1-2-10(24)13(12)23-5-11(25)21-27(23)26)8-4-22(20-15(8)19)9-3-7(9)14(17)18/h1-2,4,7,9,14,24H,3,5H2,(H,21,25). The van der Waals surface area contributed by atoms with Crippen LogP contribution in [0, 0.1) is 17.7 Å². The number of anilines is 1. The summed E-state index contributed by atoms with van der Waals surface area (Å²) in [6.45, 7) is -0.458. The molecule has 1 saturated carbocycles. The molecule has 12 heteroatoms. The van der Waals surface area contributed by atoms with Gasteiger partial charge in [0.1, 0.15) is 18.0 Å². The molecule has 2 aromatic rings. The first-order chi connectivity index (χ1) is 12.8. The zero-order valence-corrected chi connectivity index (χ0v) is 14.2. The molecule has 7 nitrogen and oxygen atoms in total. The lowest BCUT2D eigenvalue weighted by molar-refractivity contribution is -0.117. The number of phenols is 1. The summed E-state index contributed by atoms with van der Waals surface area (Å²) >= 11 is -2.10. The predicted molar refractivity (Wildman–Crippen MR) is 86.0 cm³/mol. The maximum atomic E-state index is 15.0. The van der Waals surface area contributed by atoms with Crippen molar-refractivity contribution in [2.75, 3.05) is 10.8 Å². The van der Waals surface area contributed by atoms with Gasteiger partial charge in [-0.15, -0.1) is 5.10 Å². The molecule has 1 aliphatic carbocycles. The van der Waals surface area contributed by atoms with Crippen molar-refractivity contribution in [2.24, 2.45) is 5.92 Å². The van der Waals surface area contributed by atoms with E-state index in [9.17, 15) is 31.7 Å². The minimum Gasteiger partial charge on any atom is -0.506 e. The van der Waals surface area contributed by atoms with Gasteiger partial charge >= 0.3 is 0 Å². The van der Waals surface area contributed by atoms with Crippen LogP contribution in [0.15, 0.2) is 18.3 Å². The molecule has 3 unspecified atom stereocenters. The fourth-order valence-electron chi connectivity index (χ4n) is 3.03. The van der Waals surface area contributed by atoms with Crippen molar-refractivity contribution < 1.29 is 31.7 Å². The van der Waals surface area contributed by atoms with Gasteiger partial charge in [0.15, 0.2) is 5.82 Å². The Kier molecular flexibility index (Phi) is 4.09. The van der Waals surface area contributed by atoms with E-state index in [-0.39, 0.29) is 17.5 Å². The van der Waals surface area contributed by atoms with Crippen molar-refractivity contribution in [3.05, 3.63) is 30.1 Å². The van der Waals surface area contributed by atoms with Gasteiger partial charge in [-0.25, -0.2) is 17.4 Å². The van der Waals surface area contributed by atoms with Crippen LogP contribution in [0.3, 0.4) is 0 Å². The third-order valence-corrected chi connectivity index (χ3v) is 5.59. The predicted octanol–water partition coefficient (Wildman–Crippen LogP) is 1.87. The number of aromatic nitrogens is 2. The second kappa shape index (κ2) is 6.22. The molecular formula is C15H12F4N4O3S. The minimum atomic E-state index is -2.56. The molecule has 3 atom stereocenters. The van der Waals surface area contributed by atoms with Crippen LogP contribution in [0.5, 0.6) is 5.75 Å². The van der Waals surface area contributed by atoms with Gasteiger partial charge in [-0.05, 0) is 18.6 Å². The molecule has 2 fully saturated rings. The molecule has 1 aromatic heterocycles. The molecule has 0 bridgehead atoms. The fourth-order valence-corrected chi connectivity index (χ4v) is 3.97. The first kappa shape index (κ1) is 17.8. The number of halogens is 4. The molecule has 2 heterocycles. The van der Waals surface area contributed by atoms with E-state index in [1.165, 1.54) is 0 Å². The topological polar surface area (TPSA) is 87.5 Å². The van der Waals surface area contributed by atoms with Gasteiger partial charge in [0.2, 0.25) is 23.5 Å². The minimum absolute atomic E-state index is 0.141. The highest BCUT2D eigenvalue weighted by atomic mass is 32.2. The Morgan fingerprint density at radius 3 is 2.63 bits per heavy atom. The largest absolute Gasteiger partial charge is 0.506 e. The third-order valence-electron chi connectivity index (χ3n) is 4.48. The number of rotatable bonds is 4. The lowest BCUT2D eigenvalue weighted by atomic mass is 10.1. The Balaban J connectivity index is 1.73. The van der Waals surface area contributed by atoms with Crippen LogP contribution in [0.4, 0.5) is 23.2 Å². The quantitative estimate of drug-likeness (QED) is 0.762. The number of alkyl halides is 2. The van der Waals surface area contributed by atoms with Gasteiger partial charge in [0.25, 0.3) is 5.91 Å². The number of aromatic hydroxyl groups is 1. The van der Waals surface area contributed by atoms with E-state index in [0.717, 1.165) is 27.3 Å². The smallest absolute Gasteiger partial charge is 0.253 e. The summed E-state index contributed by atoms with van der Waals surface area (Å²) < 4.78 is 70.4. The first-order valence-electron chi connectivity index (χ1n) is 7.81. The number of benzene rings is 1. The molecule has 1 saturated heterocycles. The Morgan fingerprint density at radius 2 is 2.04 bits per heavy atom. The molecule has 0 radical (unpaired) electrons. The highest BCUT2D eigenvalue weighted by molar-refractivity contribution is 7.85. The van der Waals surface area contributed by atoms with Crippen molar-refractivity contribution in [3.8, 4) is 16.9 Å². The van der Waals surface area contributed by atoms with Crippen LogP contribution in [0.25, 0.3) is 11.1 Å². The van der Waals surface area contributed by atoms with E-state index in [4.69, 9.17) is 0 Å². The second-order valence-electron chi connectivity index (χ2n) is 6.22. The Hall–Kier alpha value is -2.63. The van der Waals surface area contributed by atoms with Gasteiger partial charge < -0.3 is 5.11 Å². The maximum absolute atomic E-state index is 15.0. The first-order valence-corrected chi connectivity index (χ1v) is 8.92. The van der Waals surface area contributed by atoms with Crippen molar-refractivity contribution in [3.63, 3.8) is 0 Å². The normalized spacial score (nSPS) is 24.6. The number of hydrogen-bond acceptors (Lipinski definition) is 4. The number of carbonyl (C=O) groups excluding carboxylic acids is 1. The van der Waals surface area contributed by atoms with Crippen molar-refractivity contribution >= 4 is 22.8 Å². The summed E-state index contributed by atoms with van der Waals surface area (Å²) in [7, 11) is 0. The lowest BCUT2D eigenvalue weighted by Gasteiger charge is -2.17. The average Bonchev–Trinajstić information content (AvgIpc) is 3.22. The van der Waals surface area contributed by atoms with Crippen LogP contribution in [-0.4, -0.2) is 38.0 Å². The van der Waals surface area contributed by atoms with Crippen LogP contribution in [-0.2, 0) is 16.0 Å². The molecule has 1 amide bonds. The van der Waals surface area contributed by atoms with Gasteiger partial charge in [0.05, 0.1) is 11.6 Å². The average molecular weight is 404 g/mol. The van der Waals surface area contributed by atoms with Gasteiger partial charge in [-0.3, -0.25) is 18.5 Å². The number of phenolic OH excluding ortho intramolecular Hbond substituents is 1. The Morgan fingerprint density at radius 1 is 1.30 bits per heavy atom. The zero-order chi connectivity index (χ0) is 19.5. The van der Waals surface area contributed by atoms with Gasteiger partial charge in [-0.1, -0.05) is 0 Å². The molecule has 0 spiro atoms. The number of hydrogen-bond donors (Lipinski definition) is 2. The summed E-state index contributed by atoms with van der Waals surface area (Å²) in [5, 5.41) is 13.5. The zero-order valence-electron chi connectivity index (χ0n) is 13.4. The van der Waals surface area contributed by atoms with Gasteiger partial charge in [-0.2, -0.15) is 4.39 Å². The molecule has 4 rings (SSSR count). The summed E-state index contributed by atoms with van der Waals surface area (Å²) in [6, 6.07) is 1.48. The molecule has 1 aromatic carbocycles. The second-order valence-corrected chi connectivity index (χ2v) is 7.36. The molecule has 144 valence electrons. The molecule has 2 aliphatic rings. The summed E-state index contributed by atoms with van der Waals surface area (Å²) in [5.74, 6) is -4.33. The summed E-state index contributed by atoms with van der Waals surface area (Å²) in [4.78, 5) is 11.4. The van der Waals surface area contributed by atoms with E-state index in [1.807, 2.05) is 0 Å². The van der Waals surface area contributed by atoms with E-state index in [0.29, 0.717) is 0 Å². The third kappa shape index (κ3) is 2.93. The van der Waals surface area contributed by atoms with Crippen LogP contribution < -0.4 is 9.03 Å². The molecular weight excluding hydrogens is 392 g/mol. The highest BCUT2D eigenvalue weighted by Gasteiger charge is 2.46. The Labute approximate surface area is 152 Å². The highest BCUT2D eigenvalue weighted by Crippen LogP contribution is 2.48. The summed E-state index contributed by atoms with van der Waals surface area (Å²) in [5.41, 5.74) is -1.14. The SMILES string of the molecule is O=C1CN(c2c(O)ccc(-c3cn(C4CC4C(F)F)nc3F)c2F)S(=O)N1. The van der Waals surface area contributed by atoms with E-state index in [2.05, 4.69) is 9.82 Å². The number of amides is 1. The Bertz CT molecular complexity index is 967. The number of nitrogens with zero attached hydrogens (tertiary/aromatic N) is 3. The monoisotopic (exact) mass is 404 g/mol. The van der Waals surface area contributed by atoms with Crippen LogP contribution in [0.2, 0.25) is 0 Å². The number of carbonyl (C=O) groups is 1. The van der Waals surface area contributed by atoms with E-state index >= 15 is 0 Å². The molecule has 27 heavy (non-hydrogen) atoms. The molecule has 1 aliphatic heterocycles. The van der Waals surface area contributed by atoms with E-state index < -0.39 is 65.2 Å². The fraction of sp³-hybridized carbons (Fsp3) is 0.333. The van der Waals surface area contributed by atoms with Crippen molar-refractivity contribution in [2.45, 2.75) is 18.9 Å². The van der Waals surface area contributed by atoms with Crippen molar-refractivity contribution in [1.82, 2.24) is 14.5 Å². The maximum Gasteiger partial charge on any atom is 0.253 e. The van der Waals surface area contributed by atoms with E-state index in [1.54, 1.807) is 0 Å².